The fraction of sp³-hybridized carbons (Fsp3) is 0.684. The lowest BCUT2D eigenvalue weighted by Crippen LogP contribution is -2.62. The van der Waals surface area contributed by atoms with E-state index in [0.717, 1.165) is 11.1 Å². The number of fused-ring (bicyclic) bond motifs is 2. The molecule has 5 aliphatic rings. The fourth-order valence-corrected chi connectivity index (χ4v) is 7.83. The molecule has 0 amide bonds. The summed E-state index contributed by atoms with van der Waals surface area (Å²) in [5, 5.41) is 34.8. The van der Waals surface area contributed by atoms with Crippen LogP contribution in [0.15, 0.2) is 58.7 Å². The minimum absolute atomic E-state index is 0.0128. The summed E-state index contributed by atoms with van der Waals surface area (Å²) in [7, 11) is 0. The van der Waals surface area contributed by atoms with E-state index in [-0.39, 0.29) is 42.9 Å². The number of esters is 2. The first-order valence-electron chi connectivity index (χ1n) is 17.4. The molecular formula is C38H54O10. The molecule has 10 heteroatoms. The van der Waals surface area contributed by atoms with Crippen molar-refractivity contribution in [2.24, 2.45) is 23.7 Å². The maximum absolute atomic E-state index is 14.1. The van der Waals surface area contributed by atoms with Crippen LogP contribution in [0.1, 0.15) is 81.1 Å². The van der Waals surface area contributed by atoms with Crippen LogP contribution < -0.4 is 0 Å². The average molecular weight is 671 g/mol. The van der Waals surface area contributed by atoms with Crippen LogP contribution in [0, 0.1) is 23.7 Å². The third-order valence-corrected chi connectivity index (χ3v) is 10.9. The first-order valence-corrected chi connectivity index (χ1v) is 17.4. The summed E-state index contributed by atoms with van der Waals surface area (Å²) in [6, 6.07) is 0. The van der Waals surface area contributed by atoms with E-state index in [2.05, 4.69) is 0 Å². The Hall–Kier alpha value is -2.60. The van der Waals surface area contributed by atoms with Gasteiger partial charge in [-0.1, -0.05) is 64.2 Å². The molecule has 2 bridgehead atoms. The molecule has 1 spiro atoms. The van der Waals surface area contributed by atoms with Crippen LogP contribution in [0.3, 0.4) is 0 Å². The Bertz CT molecular complexity index is 1390. The molecule has 0 aromatic rings. The number of rotatable bonds is 3. The zero-order chi connectivity index (χ0) is 35.1. The van der Waals surface area contributed by atoms with E-state index in [1.165, 1.54) is 0 Å². The predicted molar refractivity (Wildman–Crippen MR) is 178 cm³/mol. The number of hydrogen-bond donors (Lipinski definition) is 3. The quantitative estimate of drug-likeness (QED) is 0.288. The number of aliphatic hydroxyl groups is 3. The molecule has 266 valence electrons. The molecule has 3 N–H and O–H groups in total. The lowest BCUT2D eigenvalue weighted by Gasteiger charge is -2.52. The highest BCUT2D eigenvalue weighted by molar-refractivity contribution is 5.78. The topological polar surface area (TPSA) is 141 Å². The minimum Gasteiger partial charge on any atom is -0.462 e. The van der Waals surface area contributed by atoms with E-state index in [1.54, 1.807) is 39.0 Å². The molecule has 0 aromatic heterocycles. The van der Waals surface area contributed by atoms with Crippen molar-refractivity contribution in [1.82, 2.24) is 0 Å². The molecule has 2 unspecified atom stereocenters. The highest BCUT2D eigenvalue weighted by atomic mass is 16.7. The van der Waals surface area contributed by atoms with Gasteiger partial charge >= 0.3 is 11.9 Å². The summed E-state index contributed by atoms with van der Waals surface area (Å²) in [5.41, 5.74) is 0.935. The van der Waals surface area contributed by atoms with Crippen molar-refractivity contribution in [2.75, 3.05) is 6.61 Å². The van der Waals surface area contributed by atoms with Crippen LogP contribution in [0.25, 0.3) is 0 Å². The second kappa shape index (κ2) is 14.3. The maximum Gasteiger partial charge on any atom is 0.316 e. The molecule has 10 nitrogen and oxygen atoms in total. The lowest BCUT2D eigenvalue weighted by molar-refractivity contribution is -0.363. The number of ether oxygens (including phenoxy) is 5. The van der Waals surface area contributed by atoms with Crippen LogP contribution >= 0.6 is 0 Å². The van der Waals surface area contributed by atoms with E-state index < -0.39 is 59.9 Å². The molecule has 1 aliphatic carbocycles. The predicted octanol–water partition coefficient (Wildman–Crippen LogP) is 4.63. The van der Waals surface area contributed by atoms with Crippen LogP contribution in [-0.2, 0) is 33.3 Å². The van der Waals surface area contributed by atoms with Gasteiger partial charge < -0.3 is 39.0 Å². The Morgan fingerprint density at radius 3 is 2.52 bits per heavy atom. The number of carbonyl (C=O) groups is 2. The summed E-state index contributed by atoms with van der Waals surface area (Å²) in [6.45, 7) is 15.1. The van der Waals surface area contributed by atoms with E-state index >= 15 is 0 Å². The van der Waals surface area contributed by atoms with Gasteiger partial charge in [-0.3, -0.25) is 9.59 Å². The summed E-state index contributed by atoms with van der Waals surface area (Å²) >= 11 is 0. The van der Waals surface area contributed by atoms with Crippen molar-refractivity contribution in [2.45, 2.75) is 135 Å². The van der Waals surface area contributed by atoms with Crippen molar-refractivity contribution in [3.63, 3.8) is 0 Å². The van der Waals surface area contributed by atoms with Gasteiger partial charge in [0.1, 0.15) is 42.0 Å². The molecule has 0 radical (unpaired) electrons. The van der Waals surface area contributed by atoms with E-state index in [0.29, 0.717) is 30.4 Å². The molecule has 3 fully saturated rings. The van der Waals surface area contributed by atoms with Gasteiger partial charge in [0.25, 0.3) is 0 Å². The molecule has 0 aromatic carbocycles. The van der Waals surface area contributed by atoms with E-state index in [1.807, 2.05) is 52.8 Å². The van der Waals surface area contributed by atoms with Crippen LogP contribution in [0.2, 0.25) is 0 Å². The Morgan fingerprint density at radius 2 is 1.83 bits per heavy atom. The Kier molecular flexibility index (Phi) is 10.9. The molecule has 3 saturated heterocycles. The number of aliphatic hydroxyl groups excluding tert-OH is 2. The first-order chi connectivity index (χ1) is 22.6. The fourth-order valence-electron chi connectivity index (χ4n) is 7.83. The van der Waals surface area contributed by atoms with Gasteiger partial charge in [0.05, 0.1) is 24.7 Å². The summed E-state index contributed by atoms with van der Waals surface area (Å²) in [4.78, 5) is 26.9. The minimum atomic E-state index is -1.85. The van der Waals surface area contributed by atoms with Crippen molar-refractivity contribution in [3.8, 4) is 0 Å². The standard InChI is InChI=1S/C38H54O10/c1-9-21(4)33-25(8)16-30(39)37(48-33)18-28-17-27(47-37)14-13-23(6)32(46-35(41)20(2)3)22(5)11-10-12-26-19-44-34-31(40)24(7)15-29(36(42)45-28)38(26,34)43/h9-13,15,20,22,25,27-34,39-40,43H,14,16-19H2,1-8H3/b11-10+,21-9+,23-13+,26-12+/t22-,25-,27+,28-,29?,30+,31+,32?,33+,34+,37-,38+/m0/s1. The highest BCUT2D eigenvalue weighted by Crippen LogP contribution is 2.48. The van der Waals surface area contributed by atoms with Gasteiger partial charge in [-0.2, -0.15) is 0 Å². The molecule has 4 aliphatic heterocycles. The Labute approximate surface area is 284 Å². The van der Waals surface area contributed by atoms with Gasteiger partial charge in [-0.25, -0.2) is 0 Å². The summed E-state index contributed by atoms with van der Waals surface area (Å²) < 4.78 is 31.5. The van der Waals surface area contributed by atoms with Crippen molar-refractivity contribution in [1.29, 1.82) is 0 Å². The van der Waals surface area contributed by atoms with Gasteiger partial charge in [0.15, 0.2) is 5.79 Å². The molecule has 48 heavy (non-hydrogen) atoms. The first kappa shape index (κ1) is 36.7. The zero-order valence-corrected chi connectivity index (χ0v) is 29.5. The van der Waals surface area contributed by atoms with Gasteiger partial charge in [-0.15, -0.1) is 0 Å². The Morgan fingerprint density at radius 1 is 1.10 bits per heavy atom. The van der Waals surface area contributed by atoms with Gasteiger partial charge in [0, 0.05) is 18.8 Å². The summed E-state index contributed by atoms with van der Waals surface area (Å²) in [6.07, 6.45) is 6.94. The molecule has 4 heterocycles. The van der Waals surface area contributed by atoms with Crippen molar-refractivity contribution >= 4 is 11.9 Å². The largest absolute Gasteiger partial charge is 0.462 e. The average Bonchev–Trinajstić information content (AvgIpc) is 3.37. The van der Waals surface area contributed by atoms with Crippen LogP contribution in [-0.4, -0.2) is 88.0 Å². The second-order valence-corrected chi connectivity index (χ2v) is 14.9. The lowest BCUT2D eigenvalue weighted by atomic mass is 9.71. The van der Waals surface area contributed by atoms with E-state index in [4.69, 9.17) is 23.7 Å². The van der Waals surface area contributed by atoms with Gasteiger partial charge in [-0.05, 0) is 68.7 Å². The smallest absolute Gasteiger partial charge is 0.316 e. The third kappa shape index (κ3) is 6.89. The second-order valence-electron chi connectivity index (χ2n) is 14.9. The van der Waals surface area contributed by atoms with Crippen molar-refractivity contribution in [3.05, 3.63) is 58.7 Å². The maximum atomic E-state index is 14.1. The number of allylic oxidation sites excluding steroid dienone is 3. The highest BCUT2D eigenvalue weighted by Gasteiger charge is 2.60. The molecule has 0 saturated carbocycles. The molecule has 5 rings (SSSR count). The van der Waals surface area contributed by atoms with Gasteiger partial charge in [0.2, 0.25) is 0 Å². The van der Waals surface area contributed by atoms with Crippen molar-refractivity contribution < 1.29 is 48.6 Å². The van der Waals surface area contributed by atoms with Crippen LogP contribution in [0.4, 0.5) is 0 Å². The van der Waals surface area contributed by atoms with E-state index in [9.17, 15) is 24.9 Å². The molecule has 12 atom stereocenters. The molecular weight excluding hydrogens is 616 g/mol. The number of hydrogen-bond acceptors (Lipinski definition) is 10. The number of carbonyl (C=O) groups excluding carboxylic acids is 2. The Balaban J connectivity index is 1.59. The van der Waals surface area contributed by atoms with Crippen LogP contribution in [0.5, 0.6) is 0 Å². The zero-order valence-electron chi connectivity index (χ0n) is 29.5. The monoisotopic (exact) mass is 670 g/mol. The summed E-state index contributed by atoms with van der Waals surface area (Å²) in [5.74, 6) is -4.08. The third-order valence-electron chi connectivity index (χ3n) is 10.9. The SMILES string of the molecule is C/C=C(\C)[C@H]1O[C@@]2(C[C@@H]3C[C@@H](C/C=C(\C)C(OC(=O)C(C)C)[C@@H](C)/C=C/C=C4\CO[C@@H]5[C@H](O)C(C)=CC(C(=O)O3)[C@]45O)O2)[C@H](O)C[C@@H]1C. The normalized spacial score (nSPS) is 45.3.